The van der Waals surface area contributed by atoms with Crippen molar-refractivity contribution in [3.8, 4) is 0 Å². The Morgan fingerprint density at radius 2 is 2.00 bits per heavy atom. The van der Waals surface area contributed by atoms with Crippen LogP contribution in [0.2, 0.25) is 0 Å². The van der Waals surface area contributed by atoms with Gasteiger partial charge in [0.25, 0.3) is 0 Å². The largest absolute Gasteiger partial charge is 0.393 e. The summed E-state index contributed by atoms with van der Waals surface area (Å²) in [5.74, 6) is 0. The molecule has 1 aromatic carbocycles. The van der Waals surface area contributed by atoms with Crippen LogP contribution in [-0.2, 0) is 11.3 Å². The van der Waals surface area contributed by atoms with Crippen LogP contribution in [-0.4, -0.2) is 11.6 Å². The van der Waals surface area contributed by atoms with Crippen molar-refractivity contribution in [2.75, 3.05) is 6.61 Å². The van der Waals surface area contributed by atoms with E-state index < -0.39 is 0 Å². The molecule has 0 spiro atoms. The molecule has 13 heavy (non-hydrogen) atoms. The molecule has 0 amide bonds. The number of thiocarbonyl (C=S) groups is 1. The fourth-order valence-corrected chi connectivity index (χ4v) is 1.02. The summed E-state index contributed by atoms with van der Waals surface area (Å²) < 4.78 is 5.36. The third-order valence-electron chi connectivity index (χ3n) is 1.60. The second-order valence-corrected chi connectivity index (χ2v) is 3.28. The summed E-state index contributed by atoms with van der Waals surface area (Å²) in [6.07, 6.45) is 0.655. The molecule has 0 fully saturated rings. The van der Waals surface area contributed by atoms with Crippen LogP contribution in [0.25, 0.3) is 0 Å². The maximum absolute atomic E-state index is 5.36. The van der Waals surface area contributed by atoms with Crippen molar-refractivity contribution in [1.29, 1.82) is 0 Å². The smallest absolute Gasteiger partial charge is 0.0750 e. The highest BCUT2D eigenvalue weighted by Gasteiger charge is 1.92. The first-order valence-electron chi connectivity index (χ1n) is 4.19. The van der Waals surface area contributed by atoms with Crippen molar-refractivity contribution in [3.63, 3.8) is 0 Å². The second kappa shape index (κ2) is 5.67. The molecule has 0 saturated carbocycles. The van der Waals surface area contributed by atoms with Gasteiger partial charge >= 0.3 is 0 Å². The average Bonchev–Trinajstić information content (AvgIpc) is 2.14. The zero-order valence-electron chi connectivity index (χ0n) is 7.40. The molecule has 1 rings (SSSR count). The van der Waals surface area contributed by atoms with E-state index in [1.807, 2.05) is 30.3 Å². The van der Waals surface area contributed by atoms with Crippen molar-refractivity contribution >= 4 is 17.2 Å². The molecule has 0 unspecified atom stereocenters. The summed E-state index contributed by atoms with van der Waals surface area (Å²) in [7, 11) is 0. The maximum atomic E-state index is 5.36. The van der Waals surface area contributed by atoms with Crippen LogP contribution in [0.15, 0.2) is 30.3 Å². The topological polar surface area (TPSA) is 35.2 Å². The molecule has 1 aromatic rings. The third kappa shape index (κ3) is 4.60. The van der Waals surface area contributed by atoms with E-state index in [-0.39, 0.29) is 0 Å². The normalized spacial score (nSPS) is 9.85. The highest BCUT2D eigenvalue weighted by molar-refractivity contribution is 7.80. The number of nitrogens with two attached hydrogens (primary N) is 1. The monoisotopic (exact) mass is 195 g/mol. The zero-order valence-corrected chi connectivity index (χ0v) is 8.22. The first-order valence-corrected chi connectivity index (χ1v) is 4.60. The lowest BCUT2D eigenvalue weighted by molar-refractivity contribution is 0.128. The molecule has 0 heterocycles. The van der Waals surface area contributed by atoms with Crippen molar-refractivity contribution in [1.82, 2.24) is 0 Å². The quantitative estimate of drug-likeness (QED) is 0.575. The van der Waals surface area contributed by atoms with E-state index in [2.05, 4.69) is 0 Å². The van der Waals surface area contributed by atoms with E-state index in [1.165, 1.54) is 5.56 Å². The molecule has 0 aliphatic heterocycles. The fraction of sp³-hybridized carbons (Fsp3) is 0.300. The molecule has 0 radical (unpaired) electrons. The summed E-state index contributed by atoms with van der Waals surface area (Å²) in [6.45, 7) is 1.23. The van der Waals surface area contributed by atoms with Crippen LogP contribution >= 0.6 is 12.2 Å². The Balaban J connectivity index is 2.17. The molecule has 0 aliphatic carbocycles. The Hall–Kier alpha value is -0.930. The van der Waals surface area contributed by atoms with Crippen molar-refractivity contribution in [3.05, 3.63) is 35.9 Å². The van der Waals surface area contributed by atoms with Gasteiger partial charge in [-0.15, -0.1) is 0 Å². The molecule has 0 aliphatic rings. The van der Waals surface area contributed by atoms with Gasteiger partial charge in [0.05, 0.1) is 18.2 Å². The van der Waals surface area contributed by atoms with Crippen molar-refractivity contribution < 1.29 is 4.74 Å². The number of ether oxygens (including phenoxy) is 1. The lowest BCUT2D eigenvalue weighted by Crippen LogP contribution is -2.10. The van der Waals surface area contributed by atoms with E-state index in [1.54, 1.807) is 0 Å². The predicted octanol–water partition coefficient (Wildman–Crippen LogP) is 1.88. The standard InChI is InChI=1S/C10H13NOS/c11-10(13)6-7-12-8-9-4-2-1-3-5-9/h1-5H,6-8H2,(H2,11,13). The van der Waals surface area contributed by atoms with Gasteiger partial charge in [0.15, 0.2) is 0 Å². The molecule has 0 aromatic heterocycles. The van der Waals surface area contributed by atoms with Gasteiger partial charge in [-0.05, 0) is 5.56 Å². The van der Waals surface area contributed by atoms with E-state index in [0.29, 0.717) is 24.6 Å². The van der Waals surface area contributed by atoms with E-state index >= 15 is 0 Å². The highest BCUT2D eigenvalue weighted by Crippen LogP contribution is 2.00. The van der Waals surface area contributed by atoms with Gasteiger partial charge < -0.3 is 10.5 Å². The first kappa shape index (κ1) is 10.2. The first-order chi connectivity index (χ1) is 6.29. The minimum atomic E-state index is 0.507. The molecular formula is C10H13NOS. The molecule has 2 N–H and O–H groups in total. The van der Waals surface area contributed by atoms with Crippen molar-refractivity contribution in [2.24, 2.45) is 5.73 Å². The van der Waals surface area contributed by atoms with Crippen LogP contribution in [0.1, 0.15) is 12.0 Å². The lowest BCUT2D eigenvalue weighted by Gasteiger charge is -2.02. The average molecular weight is 195 g/mol. The predicted molar refractivity (Wildman–Crippen MR) is 57.5 cm³/mol. The molecule has 70 valence electrons. The zero-order chi connectivity index (χ0) is 9.52. The van der Waals surface area contributed by atoms with Crippen molar-refractivity contribution in [2.45, 2.75) is 13.0 Å². The Kier molecular flexibility index (Phi) is 4.43. The van der Waals surface area contributed by atoms with Crippen LogP contribution in [0.3, 0.4) is 0 Å². The fourth-order valence-electron chi connectivity index (χ4n) is 0.937. The van der Waals surface area contributed by atoms with E-state index in [0.717, 1.165) is 0 Å². The molecule has 0 bridgehead atoms. The number of hydrogen-bond donors (Lipinski definition) is 1. The van der Waals surface area contributed by atoms with Crippen LogP contribution in [0.4, 0.5) is 0 Å². The molecule has 0 saturated heterocycles. The van der Waals surface area contributed by atoms with Gasteiger partial charge in [0.2, 0.25) is 0 Å². The lowest BCUT2D eigenvalue weighted by atomic mass is 10.2. The Morgan fingerprint density at radius 1 is 1.31 bits per heavy atom. The minimum absolute atomic E-state index is 0.507. The summed E-state index contributed by atoms with van der Waals surface area (Å²) >= 11 is 4.72. The molecule has 2 nitrogen and oxygen atoms in total. The van der Waals surface area contributed by atoms with Crippen LogP contribution in [0.5, 0.6) is 0 Å². The maximum Gasteiger partial charge on any atom is 0.0750 e. The van der Waals surface area contributed by atoms with E-state index in [4.69, 9.17) is 22.7 Å². The van der Waals surface area contributed by atoms with Gasteiger partial charge in [-0.2, -0.15) is 0 Å². The van der Waals surface area contributed by atoms with Gasteiger partial charge in [-0.25, -0.2) is 0 Å². The summed E-state index contributed by atoms with van der Waals surface area (Å²) in [6, 6.07) is 10.0. The second-order valence-electron chi connectivity index (χ2n) is 2.75. The highest BCUT2D eigenvalue weighted by atomic mass is 32.1. The van der Waals surface area contributed by atoms with Crippen LogP contribution < -0.4 is 5.73 Å². The third-order valence-corrected chi connectivity index (χ3v) is 1.81. The summed E-state index contributed by atoms with van der Waals surface area (Å²) in [5.41, 5.74) is 6.50. The van der Waals surface area contributed by atoms with Gasteiger partial charge in [-0.3, -0.25) is 0 Å². The van der Waals surface area contributed by atoms with Crippen LogP contribution in [0, 0.1) is 0 Å². The number of hydrogen-bond acceptors (Lipinski definition) is 2. The van der Waals surface area contributed by atoms with Gasteiger partial charge in [0.1, 0.15) is 0 Å². The number of benzene rings is 1. The Labute approximate surface area is 83.7 Å². The van der Waals surface area contributed by atoms with E-state index in [9.17, 15) is 0 Å². The minimum Gasteiger partial charge on any atom is -0.393 e. The molecular weight excluding hydrogens is 182 g/mol. The van der Waals surface area contributed by atoms with Gasteiger partial charge in [0, 0.05) is 6.42 Å². The Morgan fingerprint density at radius 3 is 2.62 bits per heavy atom. The SMILES string of the molecule is NC(=S)CCOCc1ccccc1. The molecule has 0 atom stereocenters. The number of rotatable bonds is 5. The molecule has 3 heteroatoms. The van der Waals surface area contributed by atoms with Gasteiger partial charge in [-0.1, -0.05) is 42.5 Å². The summed E-state index contributed by atoms with van der Waals surface area (Å²) in [5, 5.41) is 0. The summed E-state index contributed by atoms with van der Waals surface area (Å²) in [4.78, 5) is 0.507. The Bertz CT molecular complexity index is 261.